The van der Waals surface area contributed by atoms with E-state index in [1.807, 2.05) is 67.6 Å². The summed E-state index contributed by atoms with van der Waals surface area (Å²) in [5.74, 6) is 0.548. The van der Waals surface area contributed by atoms with E-state index in [-0.39, 0.29) is 23.7 Å². The van der Waals surface area contributed by atoms with Crippen LogP contribution in [0.25, 0.3) is 0 Å². The van der Waals surface area contributed by atoms with Crippen molar-refractivity contribution >= 4 is 34.2 Å². The number of rotatable bonds is 8. The number of nitrogens with zero attached hydrogens (tertiary/aromatic N) is 1. The Kier molecular flexibility index (Phi) is 7.58. The van der Waals surface area contributed by atoms with E-state index in [0.717, 1.165) is 24.2 Å². The van der Waals surface area contributed by atoms with Gasteiger partial charge in [0, 0.05) is 21.7 Å². The average molecular weight is 482 g/mol. The summed E-state index contributed by atoms with van der Waals surface area (Å²) in [5.41, 5.74) is 1.40. The molecule has 0 heterocycles. The molecule has 1 amide bonds. The number of carbonyl (C=O) groups is 1. The molecular weight excluding hydrogens is 459 g/mol. The maximum absolute atomic E-state index is 12.5. The number of aryl methyl sites for hydroxylation is 1. The van der Waals surface area contributed by atoms with Gasteiger partial charge in [0.25, 0.3) is 11.6 Å². The fraction of sp³-hybridized carbons (Fsp3) is 0.350. The lowest BCUT2D eigenvalue weighted by molar-refractivity contribution is -0.384. The Morgan fingerprint density at radius 2 is 1.85 bits per heavy atom. The first-order valence-electron chi connectivity index (χ1n) is 8.76. The number of hydrogen-bond donors (Lipinski definition) is 1. The summed E-state index contributed by atoms with van der Waals surface area (Å²) >= 11 is 2.01. The van der Waals surface area contributed by atoms with Gasteiger partial charge < -0.3 is 10.1 Å². The predicted octanol–water partition coefficient (Wildman–Crippen LogP) is 4.74. The van der Waals surface area contributed by atoms with Gasteiger partial charge in [-0.05, 0) is 80.0 Å². The molecule has 2 aromatic rings. The van der Waals surface area contributed by atoms with Crippen molar-refractivity contribution in [1.82, 2.24) is 5.32 Å². The maximum Gasteiger partial charge on any atom is 0.270 e. The van der Waals surface area contributed by atoms with Crippen molar-refractivity contribution < 1.29 is 14.5 Å². The van der Waals surface area contributed by atoms with E-state index in [2.05, 4.69) is 5.32 Å². The first-order chi connectivity index (χ1) is 12.8. The maximum atomic E-state index is 12.5. The highest BCUT2D eigenvalue weighted by molar-refractivity contribution is 14.1. The second-order valence-corrected chi connectivity index (χ2v) is 7.81. The summed E-state index contributed by atoms with van der Waals surface area (Å²) in [7, 11) is 0. The van der Waals surface area contributed by atoms with Crippen LogP contribution in [0.15, 0.2) is 42.5 Å². The largest absolute Gasteiger partial charge is 0.491 e. The van der Waals surface area contributed by atoms with Gasteiger partial charge in [-0.3, -0.25) is 14.9 Å². The predicted molar refractivity (Wildman–Crippen MR) is 113 cm³/mol. The Balaban J connectivity index is 1.92. The molecule has 7 heteroatoms. The van der Waals surface area contributed by atoms with E-state index in [9.17, 15) is 14.9 Å². The molecule has 0 aliphatic rings. The Morgan fingerprint density at radius 1 is 1.19 bits per heavy atom. The summed E-state index contributed by atoms with van der Waals surface area (Å²) in [6, 6.07) is 12.2. The van der Waals surface area contributed by atoms with Crippen LogP contribution in [0, 0.1) is 13.7 Å². The molecule has 2 aromatic carbocycles. The van der Waals surface area contributed by atoms with Crippen molar-refractivity contribution in [2.24, 2.45) is 0 Å². The second kappa shape index (κ2) is 9.68. The lowest BCUT2D eigenvalue weighted by atomic mass is 10.1. The zero-order chi connectivity index (χ0) is 20.0. The van der Waals surface area contributed by atoms with Crippen molar-refractivity contribution in [2.75, 3.05) is 0 Å². The van der Waals surface area contributed by atoms with Crippen LogP contribution in [0.5, 0.6) is 5.75 Å². The van der Waals surface area contributed by atoms with Gasteiger partial charge in [0.1, 0.15) is 5.75 Å². The third kappa shape index (κ3) is 6.50. The molecule has 0 radical (unpaired) electrons. The number of benzene rings is 2. The standard InChI is InChI=1S/C20H23IN2O4/c1-13(2)27-17-9-6-15(7-10-17)5-4-14(3)22-20(24)18-12-16(23(25)26)8-11-19(18)21/h6-14H,4-5H2,1-3H3,(H,22,24). The van der Waals surface area contributed by atoms with E-state index in [1.165, 1.54) is 12.1 Å². The molecule has 0 aliphatic carbocycles. The minimum atomic E-state index is -0.497. The molecule has 0 spiro atoms. The molecule has 1 atom stereocenters. The van der Waals surface area contributed by atoms with E-state index in [0.29, 0.717) is 9.13 Å². The molecule has 0 saturated carbocycles. The van der Waals surface area contributed by atoms with Crippen LogP contribution in [0.1, 0.15) is 43.1 Å². The van der Waals surface area contributed by atoms with Gasteiger partial charge in [0.2, 0.25) is 0 Å². The van der Waals surface area contributed by atoms with Crippen LogP contribution in [-0.4, -0.2) is 23.0 Å². The van der Waals surface area contributed by atoms with Crippen molar-refractivity contribution in [3.05, 3.63) is 67.3 Å². The second-order valence-electron chi connectivity index (χ2n) is 6.64. The first-order valence-corrected chi connectivity index (χ1v) is 9.84. The van der Waals surface area contributed by atoms with Gasteiger partial charge >= 0.3 is 0 Å². The van der Waals surface area contributed by atoms with Crippen LogP contribution in [0.3, 0.4) is 0 Å². The summed E-state index contributed by atoms with van der Waals surface area (Å²) in [6.45, 7) is 5.90. The number of ether oxygens (including phenoxy) is 1. The number of non-ortho nitro benzene ring substituents is 1. The van der Waals surface area contributed by atoms with Gasteiger partial charge in [-0.1, -0.05) is 12.1 Å². The average Bonchev–Trinajstić information content (AvgIpc) is 2.60. The fourth-order valence-corrected chi connectivity index (χ4v) is 3.15. The summed E-state index contributed by atoms with van der Waals surface area (Å²) in [5, 5.41) is 13.8. The number of nitro groups is 1. The van der Waals surface area contributed by atoms with E-state index in [4.69, 9.17) is 4.74 Å². The Morgan fingerprint density at radius 3 is 2.44 bits per heavy atom. The number of nitro benzene ring substituents is 1. The Hall–Kier alpha value is -2.16. The first kappa shape index (κ1) is 21.1. The van der Waals surface area contributed by atoms with Crippen LogP contribution in [0.2, 0.25) is 0 Å². The normalized spacial score (nSPS) is 11.9. The fourth-order valence-electron chi connectivity index (χ4n) is 2.56. The van der Waals surface area contributed by atoms with E-state index >= 15 is 0 Å². The Bertz CT molecular complexity index is 806. The van der Waals surface area contributed by atoms with Gasteiger partial charge in [-0.25, -0.2) is 0 Å². The van der Waals surface area contributed by atoms with Gasteiger partial charge in [-0.15, -0.1) is 0 Å². The van der Waals surface area contributed by atoms with Crippen LogP contribution < -0.4 is 10.1 Å². The van der Waals surface area contributed by atoms with Crippen LogP contribution >= 0.6 is 22.6 Å². The van der Waals surface area contributed by atoms with Gasteiger partial charge in [0.05, 0.1) is 16.6 Å². The van der Waals surface area contributed by atoms with Crippen molar-refractivity contribution in [3.63, 3.8) is 0 Å². The SMILES string of the molecule is CC(CCc1ccc(OC(C)C)cc1)NC(=O)c1cc([N+](=O)[O-])ccc1I. The molecule has 1 unspecified atom stereocenters. The number of nitrogens with one attached hydrogen (secondary N) is 1. The molecule has 6 nitrogen and oxygen atoms in total. The molecule has 2 rings (SSSR count). The van der Waals surface area contributed by atoms with Crippen LogP contribution in [-0.2, 0) is 6.42 Å². The molecule has 27 heavy (non-hydrogen) atoms. The van der Waals surface area contributed by atoms with Crippen molar-refractivity contribution in [1.29, 1.82) is 0 Å². The quantitative estimate of drug-likeness (QED) is 0.335. The highest BCUT2D eigenvalue weighted by Gasteiger charge is 2.17. The molecular formula is C20H23IN2O4. The van der Waals surface area contributed by atoms with Gasteiger partial charge in [-0.2, -0.15) is 0 Å². The minimum absolute atomic E-state index is 0.0563. The lowest BCUT2D eigenvalue weighted by Crippen LogP contribution is -2.33. The highest BCUT2D eigenvalue weighted by atomic mass is 127. The third-order valence-electron chi connectivity index (χ3n) is 3.94. The van der Waals surface area contributed by atoms with Crippen molar-refractivity contribution in [2.45, 2.75) is 45.8 Å². The number of amides is 1. The monoisotopic (exact) mass is 482 g/mol. The highest BCUT2D eigenvalue weighted by Crippen LogP contribution is 2.20. The number of halogens is 1. The minimum Gasteiger partial charge on any atom is -0.491 e. The summed E-state index contributed by atoms with van der Waals surface area (Å²) < 4.78 is 6.31. The lowest BCUT2D eigenvalue weighted by Gasteiger charge is -2.15. The smallest absolute Gasteiger partial charge is 0.270 e. The number of carbonyl (C=O) groups excluding carboxylic acids is 1. The zero-order valence-corrected chi connectivity index (χ0v) is 17.7. The molecule has 0 saturated heterocycles. The third-order valence-corrected chi connectivity index (χ3v) is 4.88. The number of hydrogen-bond acceptors (Lipinski definition) is 4. The molecule has 144 valence electrons. The van der Waals surface area contributed by atoms with Crippen LogP contribution in [0.4, 0.5) is 5.69 Å². The molecule has 1 N–H and O–H groups in total. The Labute approximate surface area is 172 Å². The molecule has 0 fully saturated rings. The molecule has 0 bridgehead atoms. The summed E-state index contributed by atoms with van der Waals surface area (Å²) in [4.78, 5) is 22.9. The zero-order valence-electron chi connectivity index (χ0n) is 15.6. The molecule has 0 aromatic heterocycles. The van der Waals surface area contributed by atoms with Crippen molar-refractivity contribution in [3.8, 4) is 5.75 Å². The summed E-state index contributed by atoms with van der Waals surface area (Å²) in [6.07, 6.45) is 1.72. The molecule has 0 aliphatic heterocycles. The van der Waals surface area contributed by atoms with Gasteiger partial charge in [0.15, 0.2) is 0 Å². The topological polar surface area (TPSA) is 81.5 Å². The van der Waals surface area contributed by atoms with E-state index < -0.39 is 4.92 Å². The van der Waals surface area contributed by atoms with E-state index in [1.54, 1.807) is 6.07 Å².